The third-order valence-corrected chi connectivity index (χ3v) is 6.35. The molecular formula is C18H37IN4O2. The molecule has 0 bridgehead atoms. The monoisotopic (exact) mass is 468 g/mol. The van der Waals surface area contributed by atoms with Crippen molar-refractivity contribution in [2.24, 2.45) is 10.4 Å². The first kappa shape index (κ1) is 22.9. The molecule has 0 amide bonds. The Kier molecular flexibility index (Phi) is 8.90. The summed E-state index contributed by atoms with van der Waals surface area (Å²) in [4.78, 5) is 6.90. The number of guanidine groups is 1. The summed E-state index contributed by atoms with van der Waals surface area (Å²) in [6, 6.07) is 0.877. The van der Waals surface area contributed by atoms with Gasteiger partial charge in [-0.2, -0.15) is 0 Å². The summed E-state index contributed by atoms with van der Waals surface area (Å²) in [5.74, 6) is 0.918. The minimum Gasteiger partial charge on any atom is -0.383 e. The first-order valence-corrected chi connectivity index (χ1v) is 9.12. The molecule has 148 valence electrons. The van der Waals surface area contributed by atoms with E-state index in [0.717, 1.165) is 51.5 Å². The molecule has 1 saturated carbocycles. The number of methoxy groups -OCH3 is 2. The zero-order chi connectivity index (χ0) is 17.8. The Morgan fingerprint density at radius 3 is 2.28 bits per heavy atom. The molecule has 0 radical (unpaired) electrons. The van der Waals surface area contributed by atoms with Gasteiger partial charge in [0.1, 0.15) is 0 Å². The van der Waals surface area contributed by atoms with Crippen LogP contribution in [0.15, 0.2) is 4.99 Å². The quantitative estimate of drug-likeness (QED) is 0.355. The summed E-state index contributed by atoms with van der Waals surface area (Å²) in [5, 5.41) is 7.21. The van der Waals surface area contributed by atoms with Crippen LogP contribution in [0.4, 0.5) is 0 Å². The maximum atomic E-state index is 5.71. The lowest BCUT2D eigenvalue weighted by Crippen LogP contribution is -2.69. The van der Waals surface area contributed by atoms with E-state index < -0.39 is 0 Å². The molecule has 1 aliphatic carbocycles. The summed E-state index contributed by atoms with van der Waals surface area (Å²) < 4.78 is 10.9. The fraction of sp³-hybridized carbons (Fsp3) is 0.944. The summed E-state index contributed by atoms with van der Waals surface area (Å²) in [7, 11) is 5.42. The Hall–Kier alpha value is -0.120. The van der Waals surface area contributed by atoms with Gasteiger partial charge in [0.2, 0.25) is 0 Å². The summed E-state index contributed by atoms with van der Waals surface area (Å²) >= 11 is 0. The van der Waals surface area contributed by atoms with Gasteiger partial charge < -0.3 is 25.0 Å². The smallest absolute Gasteiger partial charge is 0.191 e. The zero-order valence-corrected chi connectivity index (χ0v) is 19.1. The van der Waals surface area contributed by atoms with Crippen LogP contribution in [0.3, 0.4) is 0 Å². The molecule has 1 aliphatic heterocycles. The number of piperidine rings is 1. The number of nitrogens with zero attached hydrogens (tertiary/aromatic N) is 2. The van der Waals surface area contributed by atoms with E-state index in [4.69, 9.17) is 9.47 Å². The molecule has 1 heterocycles. The van der Waals surface area contributed by atoms with E-state index in [0.29, 0.717) is 12.1 Å². The van der Waals surface area contributed by atoms with Crippen molar-refractivity contribution in [3.05, 3.63) is 0 Å². The highest BCUT2D eigenvalue weighted by Crippen LogP contribution is 2.51. The van der Waals surface area contributed by atoms with Gasteiger partial charge in [-0.05, 0) is 26.2 Å². The Morgan fingerprint density at radius 1 is 1.16 bits per heavy atom. The van der Waals surface area contributed by atoms with Crippen molar-refractivity contribution in [1.82, 2.24) is 15.5 Å². The number of hydrogen-bond acceptors (Lipinski definition) is 4. The van der Waals surface area contributed by atoms with Gasteiger partial charge in [-0.3, -0.25) is 4.99 Å². The molecule has 2 atom stereocenters. The van der Waals surface area contributed by atoms with E-state index in [-0.39, 0.29) is 35.0 Å². The van der Waals surface area contributed by atoms with Crippen molar-refractivity contribution in [3.8, 4) is 0 Å². The van der Waals surface area contributed by atoms with E-state index in [2.05, 4.69) is 41.3 Å². The number of rotatable bonds is 6. The molecule has 2 fully saturated rings. The third kappa shape index (κ3) is 5.20. The van der Waals surface area contributed by atoms with Gasteiger partial charge >= 0.3 is 0 Å². The number of likely N-dealkylation sites (tertiary alicyclic amines) is 1. The van der Waals surface area contributed by atoms with Gasteiger partial charge in [0.15, 0.2) is 5.96 Å². The van der Waals surface area contributed by atoms with Crippen LogP contribution in [0.1, 0.15) is 40.0 Å². The second-order valence-electron chi connectivity index (χ2n) is 7.88. The van der Waals surface area contributed by atoms with Crippen molar-refractivity contribution >= 4 is 29.9 Å². The average molecular weight is 468 g/mol. The second kappa shape index (κ2) is 9.71. The van der Waals surface area contributed by atoms with Gasteiger partial charge in [-0.15, -0.1) is 24.0 Å². The zero-order valence-electron chi connectivity index (χ0n) is 16.7. The van der Waals surface area contributed by atoms with Gasteiger partial charge in [0.05, 0.1) is 12.2 Å². The van der Waals surface area contributed by atoms with E-state index in [9.17, 15) is 0 Å². The Labute approximate surface area is 170 Å². The predicted octanol–water partition coefficient (Wildman–Crippen LogP) is 2.08. The predicted molar refractivity (Wildman–Crippen MR) is 114 cm³/mol. The molecule has 6 nitrogen and oxygen atoms in total. The van der Waals surface area contributed by atoms with Crippen molar-refractivity contribution < 1.29 is 9.47 Å². The largest absolute Gasteiger partial charge is 0.383 e. The lowest BCUT2D eigenvalue weighted by molar-refractivity contribution is -0.176. The molecule has 0 aromatic heterocycles. The van der Waals surface area contributed by atoms with Crippen molar-refractivity contribution in [3.63, 3.8) is 0 Å². The number of nitrogens with one attached hydrogen (secondary N) is 2. The van der Waals surface area contributed by atoms with Gasteiger partial charge in [0, 0.05) is 58.4 Å². The molecule has 0 spiro atoms. The normalized spacial score (nSPS) is 30.3. The maximum absolute atomic E-state index is 5.71. The van der Waals surface area contributed by atoms with Gasteiger partial charge in [-0.25, -0.2) is 0 Å². The topological polar surface area (TPSA) is 58.1 Å². The average Bonchev–Trinajstić information content (AvgIpc) is 2.59. The Bertz CT molecular complexity index is 439. The molecule has 0 aromatic rings. The van der Waals surface area contributed by atoms with Crippen molar-refractivity contribution in [2.45, 2.75) is 57.7 Å². The number of halogens is 1. The minimum absolute atomic E-state index is 0. The second-order valence-corrected chi connectivity index (χ2v) is 7.88. The first-order valence-electron chi connectivity index (χ1n) is 9.12. The molecule has 1 saturated heterocycles. The summed E-state index contributed by atoms with van der Waals surface area (Å²) in [5.41, 5.74) is 0.0269. The van der Waals surface area contributed by atoms with Crippen LogP contribution in [0, 0.1) is 5.41 Å². The van der Waals surface area contributed by atoms with E-state index in [1.165, 1.54) is 0 Å². The van der Waals surface area contributed by atoms with Crippen LogP contribution in [0.2, 0.25) is 0 Å². The standard InChI is InChI=1S/C18H36N4O2.HI/c1-17(2)15(13-18(17,3)24-6)21-16(19-4)20-14-7-9-22(10-8-14)11-12-23-5;/h14-15H,7-13H2,1-6H3,(H2,19,20,21);1H. The lowest BCUT2D eigenvalue weighted by atomic mass is 9.56. The van der Waals surface area contributed by atoms with Crippen LogP contribution in [0.5, 0.6) is 0 Å². The molecule has 2 unspecified atom stereocenters. The molecule has 2 aliphatic rings. The lowest BCUT2D eigenvalue weighted by Gasteiger charge is -2.59. The highest BCUT2D eigenvalue weighted by atomic mass is 127. The molecular weight excluding hydrogens is 431 g/mol. The van der Waals surface area contributed by atoms with Gasteiger partial charge in [-0.1, -0.05) is 13.8 Å². The molecule has 0 aromatic carbocycles. The summed E-state index contributed by atoms with van der Waals surface area (Å²) in [6.45, 7) is 10.8. The highest BCUT2D eigenvalue weighted by Gasteiger charge is 2.58. The fourth-order valence-electron chi connectivity index (χ4n) is 3.77. The number of hydrogen-bond donors (Lipinski definition) is 2. The number of ether oxygens (including phenoxy) is 2. The SMILES string of the molecule is CN=C(NC1CCN(CCOC)CC1)NC1CC(C)(OC)C1(C)C.I. The van der Waals surface area contributed by atoms with Crippen LogP contribution in [-0.4, -0.2) is 76.1 Å². The Morgan fingerprint density at radius 2 is 1.80 bits per heavy atom. The van der Waals surface area contributed by atoms with Crippen LogP contribution in [-0.2, 0) is 9.47 Å². The molecule has 2 N–H and O–H groups in total. The minimum atomic E-state index is -0.0593. The maximum Gasteiger partial charge on any atom is 0.191 e. The highest BCUT2D eigenvalue weighted by molar-refractivity contribution is 14.0. The summed E-state index contributed by atoms with van der Waals surface area (Å²) in [6.07, 6.45) is 3.30. The molecule has 25 heavy (non-hydrogen) atoms. The van der Waals surface area contributed by atoms with Crippen LogP contribution >= 0.6 is 24.0 Å². The van der Waals surface area contributed by atoms with Crippen molar-refractivity contribution in [1.29, 1.82) is 0 Å². The first-order chi connectivity index (χ1) is 11.4. The Balaban J connectivity index is 0.00000312. The van der Waals surface area contributed by atoms with Crippen LogP contribution < -0.4 is 10.6 Å². The fourth-order valence-corrected chi connectivity index (χ4v) is 3.77. The van der Waals surface area contributed by atoms with E-state index >= 15 is 0 Å². The van der Waals surface area contributed by atoms with E-state index in [1.54, 1.807) is 7.11 Å². The third-order valence-electron chi connectivity index (χ3n) is 6.35. The van der Waals surface area contributed by atoms with Gasteiger partial charge in [0.25, 0.3) is 0 Å². The molecule has 7 heteroatoms. The van der Waals surface area contributed by atoms with Crippen LogP contribution in [0.25, 0.3) is 0 Å². The number of aliphatic imine (C=N–C) groups is 1. The van der Waals surface area contributed by atoms with E-state index in [1.807, 2.05) is 14.2 Å². The molecule has 2 rings (SSSR count). The van der Waals surface area contributed by atoms with Crippen molar-refractivity contribution in [2.75, 3.05) is 47.5 Å².